The van der Waals surface area contributed by atoms with E-state index in [1.54, 1.807) is 26.0 Å². The zero-order chi connectivity index (χ0) is 21.8. The minimum Gasteiger partial charge on any atom is -0.497 e. The summed E-state index contributed by atoms with van der Waals surface area (Å²) in [6, 6.07) is 15.9. The van der Waals surface area contributed by atoms with Crippen LogP contribution in [0.25, 0.3) is 0 Å². The number of benzene rings is 2. The summed E-state index contributed by atoms with van der Waals surface area (Å²) in [4.78, 5) is 21.2. The second-order valence-electron chi connectivity index (χ2n) is 7.55. The molecular formula is C24H27N3O3S. The number of carbonyl (C=O) groups excluding carboxylic acids is 1. The highest BCUT2D eigenvalue weighted by molar-refractivity contribution is 7.14. The molecule has 2 aromatic carbocycles. The molecule has 1 saturated heterocycles. The average molecular weight is 438 g/mol. The molecule has 4 rings (SSSR count). The molecule has 0 aliphatic carbocycles. The molecule has 0 spiro atoms. The second-order valence-corrected chi connectivity index (χ2v) is 8.38. The normalized spacial score (nSPS) is 16.3. The van der Waals surface area contributed by atoms with Gasteiger partial charge in [0.2, 0.25) is 5.91 Å². The van der Waals surface area contributed by atoms with Gasteiger partial charge in [0.15, 0.2) is 5.13 Å². The predicted octanol–water partition coefficient (Wildman–Crippen LogP) is 5.18. The zero-order valence-corrected chi connectivity index (χ0v) is 18.9. The lowest BCUT2D eigenvalue weighted by molar-refractivity contribution is -0.115. The molecule has 1 aliphatic rings. The van der Waals surface area contributed by atoms with Gasteiger partial charge in [-0.1, -0.05) is 18.2 Å². The number of anilines is 2. The number of methoxy groups -OCH3 is 2. The molecule has 6 nitrogen and oxygen atoms in total. The van der Waals surface area contributed by atoms with E-state index in [0.717, 1.165) is 54.4 Å². The Hall–Kier alpha value is -2.90. The van der Waals surface area contributed by atoms with Crippen LogP contribution in [0.2, 0.25) is 0 Å². The molecule has 1 atom stereocenters. The molecule has 1 amide bonds. The van der Waals surface area contributed by atoms with Crippen LogP contribution in [0, 0.1) is 0 Å². The number of carbonyl (C=O) groups is 1. The van der Waals surface area contributed by atoms with Gasteiger partial charge in [-0.15, -0.1) is 11.3 Å². The van der Waals surface area contributed by atoms with Gasteiger partial charge in [-0.05, 0) is 49.7 Å². The minimum atomic E-state index is -0.0488. The maximum absolute atomic E-state index is 12.3. The summed E-state index contributed by atoms with van der Waals surface area (Å²) < 4.78 is 11.1. The molecule has 0 bridgehead atoms. The van der Waals surface area contributed by atoms with Gasteiger partial charge >= 0.3 is 0 Å². The second kappa shape index (κ2) is 9.49. The third-order valence-corrected chi connectivity index (χ3v) is 6.46. The number of para-hydroxylation sites is 1. The van der Waals surface area contributed by atoms with E-state index in [9.17, 15) is 4.79 Å². The Labute approximate surface area is 187 Å². The van der Waals surface area contributed by atoms with Crippen LogP contribution in [0.3, 0.4) is 0 Å². The van der Waals surface area contributed by atoms with Crippen LogP contribution in [-0.2, 0) is 11.3 Å². The van der Waals surface area contributed by atoms with Crippen LogP contribution in [0.5, 0.6) is 11.5 Å². The lowest BCUT2D eigenvalue weighted by Gasteiger charge is -2.26. The monoisotopic (exact) mass is 437 g/mol. The Morgan fingerprint density at radius 2 is 2.00 bits per heavy atom. The first-order valence-electron chi connectivity index (χ1n) is 10.4. The molecule has 162 valence electrons. The molecule has 0 radical (unpaired) electrons. The maximum atomic E-state index is 12.3. The van der Waals surface area contributed by atoms with E-state index in [4.69, 9.17) is 14.5 Å². The number of hydrogen-bond donors (Lipinski definition) is 0. The third kappa shape index (κ3) is 4.57. The van der Waals surface area contributed by atoms with E-state index in [1.165, 1.54) is 11.3 Å². The average Bonchev–Trinajstić information content (AvgIpc) is 3.44. The van der Waals surface area contributed by atoms with E-state index < -0.39 is 0 Å². The largest absolute Gasteiger partial charge is 0.497 e. The van der Waals surface area contributed by atoms with Gasteiger partial charge in [-0.2, -0.15) is 0 Å². The van der Waals surface area contributed by atoms with E-state index in [1.807, 2.05) is 47.8 Å². The highest BCUT2D eigenvalue weighted by Crippen LogP contribution is 2.40. The highest BCUT2D eigenvalue weighted by atomic mass is 32.1. The first-order valence-corrected chi connectivity index (χ1v) is 11.2. The quantitative estimate of drug-likeness (QED) is 0.510. The third-order valence-electron chi connectivity index (χ3n) is 5.58. The van der Waals surface area contributed by atoms with Crippen LogP contribution >= 0.6 is 11.3 Å². The van der Waals surface area contributed by atoms with E-state index >= 15 is 0 Å². The molecule has 1 aliphatic heterocycles. The highest BCUT2D eigenvalue weighted by Gasteiger charge is 2.29. The molecule has 0 unspecified atom stereocenters. The maximum Gasteiger partial charge on any atom is 0.230 e. The van der Waals surface area contributed by atoms with E-state index in [-0.39, 0.29) is 11.9 Å². The summed E-state index contributed by atoms with van der Waals surface area (Å²) in [7, 11) is 3.39. The van der Waals surface area contributed by atoms with Crippen LogP contribution in [0.1, 0.15) is 37.1 Å². The van der Waals surface area contributed by atoms with Crippen LogP contribution in [-0.4, -0.2) is 36.6 Å². The Balaban J connectivity index is 1.56. The Bertz CT molecular complexity index is 1040. The van der Waals surface area contributed by atoms with Gasteiger partial charge in [-0.25, -0.2) is 4.98 Å². The van der Waals surface area contributed by atoms with Crippen molar-refractivity contribution >= 4 is 28.1 Å². The van der Waals surface area contributed by atoms with Crippen molar-refractivity contribution in [2.45, 2.75) is 32.4 Å². The molecule has 0 saturated carbocycles. The number of amides is 1. The number of nitrogens with zero attached hydrogens (tertiary/aromatic N) is 3. The van der Waals surface area contributed by atoms with Crippen molar-refractivity contribution in [3.63, 3.8) is 0 Å². The fourth-order valence-electron chi connectivity index (χ4n) is 4.15. The minimum absolute atomic E-state index is 0.0488. The van der Waals surface area contributed by atoms with Crippen molar-refractivity contribution in [2.75, 3.05) is 25.7 Å². The molecule has 7 heteroatoms. The summed E-state index contributed by atoms with van der Waals surface area (Å²) in [5.41, 5.74) is 2.94. The first kappa shape index (κ1) is 21.3. The van der Waals surface area contributed by atoms with Crippen molar-refractivity contribution in [2.24, 2.45) is 0 Å². The number of hydrogen-bond acceptors (Lipinski definition) is 6. The first-order chi connectivity index (χ1) is 15.1. The SMILES string of the molecule is COc1ccc(OC)c([C@H]2CCCN2Cc2csc(N(C(C)=O)c3ccccc3)n2)c1. The number of likely N-dealkylation sites (tertiary alicyclic amines) is 1. The van der Waals surface area contributed by atoms with Gasteiger partial charge in [0.25, 0.3) is 0 Å². The summed E-state index contributed by atoms with van der Waals surface area (Å²) in [6.45, 7) is 3.29. The standard InChI is InChI=1S/C24H27N3O3S/c1-17(28)27(19-8-5-4-6-9-19)24-25-18(16-31-24)15-26-13-7-10-22(26)21-14-20(29-2)11-12-23(21)30-3/h4-6,8-9,11-12,14,16,22H,7,10,13,15H2,1-3H3/t22-/m1/s1. The molecule has 2 heterocycles. The zero-order valence-electron chi connectivity index (χ0n) is 18.1. The van der Waals surface area contributed by atoms with Crippen LogP contribution in [0.4, 0.5) is 10.8 Å². The summed E-state index contributed by atoms with van der Waals surface area (Å²) in [6.07, 6.45) is 2.18. The fourth-order valence-corrected chi connectivity index (χ4v) is 5.03. The number of rotatable bonds is 7. The molecule has 1 aromatic heterocycles. The molecule has 0 N–H and O–H groups in total. The summed E-state index contributed by atoms with van der Waals surface area (Å²) >= 11 is 1.50. The van der Waals surface area contributed by atoms with Crippen molar-refractivity contribution in [3.05, 3.63) is 65.2 Å². The van der Waals surface area contributed by atoms with Crippen molar-refractivity contribution in [1.29, 1.82) is 0 Å². The van der Waals surface area contributed by atoms with Gasteiger partial charge in [-0.3, -0.25) is 14.6 Å². The Morgan fingerprint density at radius 3 is 2.71 bits per heavy atom. The summed E-state index contributed by atoms with van der Waals surface area (Å²) in [5.74, 6) is 1.66. The Morgan fingerprint density at radius 1 is 1.19 bits per heavy atom. The number of ether oxygens (including phenoxy) is 2. The van der Waals surface area contributed by atoms with Gasteiger partial charge in [0, 0.05) is 30.5 Å². The van der Waals surface area contributed by atoms with Crippen molar-refractivity contribution in [3.8, 4) is 11.5 Å². The van der Waals surface area contributed by atoms with Crippen molar-refractivity contribution < 1.29 is 14.3 Å². The molecule has 1 fully saturated rings. The van der Waals surface area contributed by atoms with Crippen molar-refractivity contribution in [1.82, 2.24) is 9.88 Å². The fraction of sp³-hybridized carbons (Fsp3) is 0.333. The number of aromatic nitrogens is 1. The van der Waals surface area contributed by atoms with Gasteiger partial charge in [0.05, 0.1) is 25.6 Å². The molecule has 3 aromatic rings. The van der Waals surface area contributed by atoms with Crippen LogP contribution < -0.4 is 14.4 Å². The van der Waals surface area contributed by atoms with Gasteiger partial charge < -0.3 is 9.47 Å². The lowest BCUT2D eigenvalue weighted by Crippen LogP contribution is -2.24. The molecule has 31 heavy (non-hydrogen) atoms. The lowest BCUT2D eigenvalue weighted by atomic mass is 10.0. The smallest absolute Gasteiger partial charge is 0.230 e. The number of thiazole rings is 1. The predicted molar refractivity (Wildman–Crippen MR) is 123 cm³/mol. The Kier molecular flexibility index (Phi) is 6.53. The van der Waals surface area contributed by atoms with Gasteiger partial charge in [0.1, 0.15) is 11.5 Å². The summed E-state index contributed by atoms with van der Waals surface area (Å²) in [5, 5.41) is 2.75. The van der Waals surface area contributed by atoms with E-state index in [2.05, 4.69) is 11.0 Å². The van der Waals surface area contributed by atoms with Crippen LogP contribution in [0.15, 0.2) is 53.9 Å². The topological polar surface area (TPSA) is 54.9 Å². The van der Waals surface area contributed by atoms with E-state index in [0.29, 0.717) is 5.13 Å². The molecular weight excluding hydrogens is 410 g/mol.